The van der Waals surface area contributed by atoms with Crippen LogP contribution in [0.3, 0.4) is 0 Å². The van der Waals surface area contributed by atoms with E-state index in [-0.39, 0.29) is 47.9 Å². The fourth-order valence-electron chi connectivity index (χ4n) is 5.25. The average Bonchev–Trinajstić information content (AvgIpc) is 3.36. The number of ketones is 1. The molecule has 1 aliphatic carbocycles. The molecule has 3 fully saturated rings. The number of carbonyl (C=O) groups excluding carboxylic acids is 4. The molecule has 3 amide bonds. The van der Waals surface area contributed by atoms with Gasteiger partial charge in [-0.25, -0.2) is 0 Å². The van der Waals surface area contributed by atoms with Crippen LogP contribution in [-0.4, -0.2) is 70.6 Å². The summed E-state index contributed by atoms with van der Waals surface area (Å²) in [5, 5.41) is 2.83. The molecule has 3 N–H and O–H groups in total. The van der Waals surface area contributed by atoms with Crippen molar-refractivity contribution in [2.45, 2.75) is 83.5 Å². The summed E-state index contributed by atoms with van der Waals surface area (Å²) in [4.78, 5) is 53.8. The second-order valence-electron chi connectivity index (χ2n) is 9.22. The van der Waals surface area contributed by atoms with Crippen LogP contribution in [0.2, 0.25) is 0 Å². The van der Waals surface area contributed by atoms with E-state index in [0.29, 0.717) is 19.4 Å². The summed E-state index contributed by atoms with van der Waals surface area (Å²) in [6.45, 7) is 5.86. The molecule has 162 valence electrons. The molecule has 0 spiro atoms. The first kappa shape index (κ1) is 21.7. The Morgan fingerprint density at radius 3 is 2.34 bits per heavy atom. The van der Waals surface area contributed by atoms with Crippen LogP contribution in [0, 0.1) is 11.8 Å². The smallest absolute Gasteiger partial charge is 0.246 e. The van der Waals surface area contributed by atoms with E-state index in [4.69, 9.17) is 5.73 Å². The first-order valence-electron chi connectivity index (χ1n) is 10.9. The molecule has 29 heavy (non-hydrogen) atoms. The highest BCUT2D eigenvalue weighted by Crippen LogP contribution is 2.34. The van der Waals surface area contributed by atoms with Gasteiger partial charge in [-0.1, -0.05) is 26.7 Å². The molecule has 8 nitrogen and oxygen atoms in total. The number of fused-ring (bicyclic) bond motifs is 1. The Morgan fingerprint density at radius 1 is 1.10 bits per heavy atom. The SMILES string of the molecule is CC(=O)NC(C(=O)N1CC(=O)C2C1CCN2C(=O)C(N)CC(C)C)C1CCCC1. The van der Waals surface area contributed by atoms with Gasteiger partial charge < -0.3 is 20.9 Å². The van der Waals surface area contributed by atoms with Gasteiger partial charge in [0, 0.05) is 13.5 Å². The Morgan fingerprint density at radius 2 is 1.76 bits per heavy atom. The van der Waals surface area contributed by atoms with Gasteiger partial charge in [-0.05, 0) is 37.5 Å². The van der Waals surface area contributed by atoms with Crippen molar-refractivity contribution < 1.29 is 19.2 Å². The molecule has 4 unspecified atom stereocenters. The molecule has 1 saturated carbocycles. The molecule has 0 radical (unpaired) electrons. The standard InChI is InChI=1S/C21H34N4O4/c1-12(2)10-15(22)20(28)24-9-8-16-19(24)17(27)11-25(16)21(29)18(23-13(3)26)14-6-4-5-7-14/h12,14-16,18-19H,4-11,22H2,1-3H3,(H,23,26). The van der Waals surface area contributed by atoms with Crippen molar-refractivity contribution in [3.63, 3.8) is 0 Å². The molecule has 2 saturated heterocycles. The van der Waals surface area contributed by atoms with Crippen molar-refractivity contribution in [1.82, 2.24) is 15.1 Å². The van der Waals surface area contributed by atoms with Crippen molar-refractivity contribution in [1.29, 1.82) is 0 Å². The fourth-order valence-corrected chi connectivity index (χ4v) is 5.25. The first-order chi connectivity index (χ1) is 13.7. The summed E-state index contributed by atoms with van der Waals surface area (Å²) in [5.41, 5.74) is 6.08. The van der Waals surface area contributed by atoms with E-state index in [2.05, 4.69) is 5.32 Å². The number of hydrogen-bond donors (Lipinski definition) is 2. The summed E-state index contributed by atoms with van der Waals surface area (Å²) in [6.07, 6.45) is 5.04. The summed E-state index contributed by atoms with van der Waals surface area (Å²) in [7, 11) is 0. The zero-order valence-corrected chi connectivity index (χ0v) is 17.7. The molecule has 0 aromatic heterocycles. The molecule has 0 aromatic carbocycles. The van der Waals surface area contributed by atoms with Gasteiger partial charge in [0.15, 0.2) is 5.78 Å². The number of amides is 3. The second kappa shape index (κ2) is 8.81. The highest BCUT2D eigenvalue weighted by molar-refractivity contribution is 5.99. The average molecular weight is 407 g/mol. The predicted molar refractivity (Wildman–Crippen MR) is 108 cm³/mol. The molecule has 3 rings (SSSR count). The molecular weight excluding hydrogens is 372 g/mol. The van der Waals surface area contributed by atoms with E-state index in [1.807, 2.05) is 13.8 Å². The Kier molecular flexibility index (Phi) is 6.61. The quantitative estimate of drug-likeness (QED) is 0.664. The van der Waals surface area contributed by atoms with Gasteiger partial charge in [-0.2, -0.15) is 0 Å². The van der Waals surface area contributed by atoms with Gasteiger partial charge in [0.25, 0.3) is 0 Å². The molecule has 0 bridgehead atoms. The van der Waals surface area contributed by atoms with Crippen LogP contribution in [0.5, 0.6) is 0 Å². The molecule has 8 heteroatoms. The zero-order chi connectivity index (χ0) is 21.3. The molecule has 3 aliphatic rings. The number of carbonyl (C=O) groups is 4. The monoisotopic (exact) mass is 406 g/mol. The minimum absolute atomic E-state index is 0.000169. The second-order valence-corrected chi connectivity index (χ2v) is 9.22. The fraction of sp³-hybridized carbons (Fsp3) is 0.810. The van der Waals surface area contributed by atoms with Crippen LogP contribution in [-0.2, 0) is 19.2 Å². The molecular formula is C21H34N4O4. The van der Waals surface area contributed by atoms with Crippen LogP contribution >= 0.6 is 0 Å². The van der Waals surface area contributed by atoms with Crippen molar-refractivity contribution in [2.24, 2.45) is 17.6 Å². The van der Waals surface area contributed by atoms with E-state index in [0.717, 1.165) is 25.7 Å². The van der Waals surface area contributed by atoms with Crippen LogP contribution in [0.4, 0.5) is 0 Å². The van der Waals surface area contributed by atoms with Crippen molar-refractivity contribution in [2.75, 3.05) is 13.1 Å². The number of likely N-dealkylation sites (tertiary alicyclic amines) is 2. The van der Waals surface area contributed by atoms with Crippen LogP contribution in [0.25, 0.3) is 0 Å². The third-order valence-electron chi connectivity index (χ3n) is 6.53. The van der Waals surface area contributed by atoms with Crippen molar-refractivity contribution in [3.8, 4) is 0 Å². The zero-order valence-electron chi connectivity index (χ0n) is 17.7. The summed E-state index contributed by atoms with van der Waals surface area (Å²) < 4.78 is 0. The van der Waals surface area contributed by atoms with E-state index in [9.17, 15) is 19.2 Å². The Balaban J connectivity index is 1.74. The number of nitrogens with zero attached hydrogens (tertiary/aromatic N) is 2. The van der Waals surface area contributed by atoms with Crippen molar-refractivity contribution >= 4 is 23.5 Å². The largest absolute Gasteiger partial charge is 0.344 e. The number of hydrogen-bond acceptors (Lipinski definition) is 5. The predicted octanol–water partition coefficient (Wildman–Crippen LogP) is 0.436. The van der Waals surface area contributed by atoms with Crippen LogP contribution in [0.15, 0.2) is 0 Å². The molecule has 0 aromatic rings. The van der Waals surface area contributed by atoms with Crippen molar-refractivity contribution in [3.05, 3.63) is 0 Å². The first-order valence-corrected chi connectivity index (χ1v) is 10.9. The van der Waals surface area contributed by atoms with Gasteiger partial charge in [0.1, 0.15) is 12.1 Å². The van der Waals surface area contributed by atoms with E-state index < -0.39 is 18.1 Å². The lowest BCUT2D eigenvalue weighted by atomic mass is 9.96. The lowest BCUT2D eigenvalue weighted by Crippen LogP contribution is -2.53. The lowest BCUT2D eigenvalue weighted by molar-refractivity contribution is -0.139. The van der Waals surface area contributed by atoms with E-state index in [1.54, 1.807) is 9.80 Å². The maximum absolute atomic E-state index is 13.3. The summed E-state index contributed by atoms with van der Waals surface area (Å²) in [6, 6.07) is -2.14. The number of Topliss-reactive ketones (excluding diaryl/α,β-unsaturated/α-hetero) is 1. The maximum atomic E-state index is 13.3. The van der Waals surface area contributed by atoms with Gasteiger partial charge in [0.05, 0.1) is 18.6 Å². The number of nitrogens with one attached hydrogen (secondary N) is 1. The lowest BCUT2D eigenvalue weighted by Gasteiger charge is -2.31. The number of nitrogens with two attached hydrogens (primary N) is 1. The molecule has 2 heterocycles. The normalized spacial score (nSPS) is 26.7. The maximum Gasteiger partial charge on any atom is 0.246 e. The van der Waals surface area contributed by atoms with Gasteiger partial charge in [0.2, 0.25) is 17.7 Å². The Bertz CT molecular complexity index is 674. The molecule has 2 aliphatic heterocycles. The van der Waals surface area contributed by atoms with Gasteiger partial charge in [-0.15, -0.1) is 0 Å². The van der Waals surface area contributed by atoms with Crippen LogP contribution < -0.4 is 11.1 Å². The third kappa shape index (κ3) is 4.47. The van der Waals surface area contributed by atoms with Crippen LogP contribution in [0.1, 0.15) is 59.3 Å². The minimum Gasteiger partial charge on any atom is -0.344 e. The minimum atomic E-state index is -0.628. The van der Waals surface area contributed by atoms with Gasteiger partial charge in [-0.3, -0.25) is 19.2 Å². The molecule has 4 atom stereocenters. The third-order valence-corrected chi connectivity index (χ3v) is 6.53. The summed E-state index contributed by atoms with van der Waals surface area (Å²) >= 11 is 0. The summed E-state index contributed by atoms with van der Waals surface area (Å²) in [5.74, 6) is -0.343. The van der Waals surface area contributed by atoms with E-state index in [1.165, 1.54) is 6.92 Å². The highest BCUT2D eigenvalue weighted by Gasteiger charge is 2.53. The van der Waals surface area contributed by atoms with Gasteiger partial charge >= 0.3 is 0 Å². The topological polar surface area (TPSA) is 113 Å². The highest BCUT2D eigenvalue weighted by atomic mass is 16.2. The Hall–Kier alpha value is -1.96. The number of rotatable bonds is 6. The Labute approximate surface area is 172 Å². The van der Waals surface area contributed by atoms with E-state index >= 15 is 0 Å².